The highest BCUT2D eigenvalue weighted by atomic mass is 35.5. The maximum absolute atomic E-state index is 12.6. The number of fused-ring (bicyclic) bond motifs is 1. The molecule has 1 aliphatic heterocycles. The van der Waals surface area contributed by atoms with E-state index in [-0.39, 0.29) is 17.3 Å². The Morgan fingerprint density at radius 2 is 1.79 bits per heavy atom. The summed E-state index contributed by atoms with van der Waals surface area (Å²) in [5, 5.41) is 0.528. The van der Waals surface area contributed by atoms with Gasteiger partial charge in [0, 0.05) is 16.7 Å². The van der Waals surface area contributed by atoms with Gasteiger partial charge in [0.2, 0.25) is 5.78 Å². The van der Waals surface area contributed by atoms with Crippen molar-refractivity contribution in [1.29, 1.82) is 0 Å². The van der Waals surface area contributed by atoms with Gasteiger partial charge in [-0.1, -0.05) is 29.8 Å². The van der Waals surface area contributed by atoms with Crippen LogP contribution in [0.1, 0.15) is 26.3 Å². The lowest BCUT2D eigenvalue weighted by atomic mass is 10.1. The fraction of sp³-hybridized carbons (Fsp3) is 0.0435. The van der Waals surface area contributed by atoms with Crippen LogP contribution in [-0.2, 0) is 0 Å². The highest BCUT2D eigenvalue weighted by molar-refractivity contribution is 6.30. The van der Waals surface area contributed by atoms with Gasteiger partial charge < -0.3 is 14.2 Å². The minimum atomic E-state index is -0.532. The molecule has 5 nitrogen and oxygen atoms in total. The molecule has 0 fully saturated rings. The molecule has 0 spiro atoms. The molecule has 1 heterocycles. The van der Waals surface area contributed by atoms with Gasteiger partial charge in [0.15, 0.2) is 5.76 Å². The second kappa shape index (κ2) is 7.81. The molecule has 6 heteroatoms. The van der Waals surface area contributed by atoms with Crippen LogP contribution in [0.3, 0.4) is 0 Å². The number of benzene rings is 3. The average Bonchev–Trinajstić information content (AvgIpc) is 3.03. The predicted octanol–water partition coefficient (Wildman–Crippen LogP) is 5.18. The van der Waals surface area contributed by atoms with E-state index in [1.807, 2.05) is 18.2 Å². The van der Waals surface area contributed by atoms with Gasteiger partial charge in [-0.3, -0.25) is 4.79 Å². The highest BCUT2D eigenvalue weighted by Gasteiger charge is 2.28. The van der Waals surface area contributed by atoms with E-state index in [1.165, 1.54) is 6.07 Å². The van der Waals surface area contributed by atoms with Gasteiger partial charge in [-0.2, -0.15) is 0 Å². The van der Waals surface area contributed by atoms with Crippen molar-refractivity contribution >= 4 is 29.4 Å². The quantitative estimate of drug-likeness (QED) is 0.339. The molecular weight excluding hydrogens is 392 g/mol. The Bertz CT molecular complexity index is 1130. The van der Waals surface area contributed by atoms with Crippen LogP contribution in [-0.4, -0.2) is 18.9 Å². The molecule has 4 rings (SSSR count). The fourth-order valence-electron chi connectivity index (χ4n) is 2.91. The zero-order valence-corrected chi connectivity index (χ0v) is 16.1. The number of methoxy groups -OCH3 is 1. The van der Waals surface area contributed by atoms with E-state index in [0.29, 0.717) is 27.6 Å². The number of carbonyl (C=O) groups excluding carboxylic acids is 2. The van der Waals surface area contributed by atoms with Crippen LogP contribution >= 0.6 is 11.6 Å². The van der Waals surface area contributed by atoms with Crippen LogP contribution in [0.5, 0.6) is 17.2 Å². The lowest BCUT2D eigenvalue weighted by Gasteiger charge is -2.06. The SMILES string of the molecule is COc1ccccc1/C=C1/Oc2cc(OC(=O)c3ccc(Cl)cc3)ccc2C1=O. The molecule has 0 saturated heterocycles. The zero-order valence-electron chi connectivity index (χ0n) is 15.3. The van der Waals surface area contributed by atoms with E-state index in [2.05, 4.69) is 0 Å². The monoisotopic (exact) mass is 406 g/mol. The first-order valence-electron chi connectivity index (χ1n) is 8.74. The maximum Gasteiger partial charge on any atom is 0.343 e. The molecule has 144 valence electrons. The van der Waals surface area contributed by atoms with E-state index in [1.54, 1.807) is 55.7 Å². The largest absolute Gasteiger partial charge is 0.496 e. The molecule has 29 heavy (non-hydrogen) atoms. The van der Waals surface area contributed by atoms with Crippen molar-refractivity contribution in [3.8, 4) is 17.2 Å². The van der Waals surface area contributed by atoms with Crippen molar-refractivity contribution in [1.82, 2.24) is 0 Å². The Hall–Kier alpha value is -3.57. The third-order valence-electron chi connectivity index (χ3n) is 4.36. The number of hydrogen-bond acceptors (Lipinski definition) is 5. The molecule has 1 aliphatic rings. The lowest BCUT2D eigenvalue weighted by molar-refractivity contribution is 0.0734. The van der Waals surface area contributed by atoms with E-state index in [0.717, 1.165) is 5.56 Å². The average molecular weight is 407 g/mol. The summed E-state index contributed by atoms with van der Waals surface area (Å²) in [6, 6.07) is 18.3. The lowest BCUT2D eigenvalue weighted by Crippen LogP contribution is -2.08. The molecule has 0 bridgehead atoms. The van der Waals surface area contributed by atoms with Gasteiger partial charge in [-0.05, 0) is 48.5 Å². The van der Waals surface area contributed by atoms with Crippen molar-refractivity contribution in [3.05, 3.63) is 94.2 Å². The zero-order chi connectivity index (χ0) is 20.4. The molecule has 0 N–H and O–H groups in total. The molecule has 0 radical (unpaired) electrons. The number of rotatable bonds is 4. The van der Waals surface area contributed by atoms with Crippen LogP contribution in [0.25, 0.3) is 6.08 Å². The topological polar surface area (TPSA) is 61.8 Å². The number of allylic oxidation sites excluding steroid dienone is 1. The number of carbonyl (C=O) groups is 2. The van der Waals surface area contributed by atoms with Crippen LogP contribution in [0.15, 0.2) is 72.5 Å². The summed E-state index contributed by atoms with van der Waals surface area (Å²) in [5.41, 5.74) is 1.49. The molecule has 0 atom stereocenters. The van der Waals surface area contributed by atoms with Crippen LogP contribution < -0.4 is 14.2 Å². The molecule has 0 amide bonds. The third-order valence-corrected chi connectivity index (χ3v) is 4.61. The van der Waals surface area contributed by atoms with Gasteiger partial charge in [0.25, 0.3) is 0 Å². The van der Waals surface area contributed by atoms with Crippen molar-refractivity contribution in [3.63, 3.8) is 0 Å². The van der Waals surface area contributed by atoms with Crippen LogP contribution in [0.2, 0.25) is 5.02 Å². The first kappa shape index (κ1) is 18.8. The molecule has 0 aromatic heterocycles. The second-order valence-electron chi connectivity index (χ2n) is 6.24. The molecule has 0 unspecified atom stereocenters. The Balaban J connectivity index is 1.56. The molecular formula is C23H15ClO5. The summed E-state index contributed by atoms with van der Waals surface area (Å²) in [7, 11) is 1.56. The van der Waals surface area contributed by atoms with E-state index < -0.39 is 5.97 Å². The predicted molar refractivity (Wildman–Crippen MR) is 109 cm³/mol. The number of Topliss-reactive ketones (excluding diaryl/α,β-unsaturated/α-hetero) is 1. The van der Waals surface area contributed by atoms with Gasteiger partial charge in [0.1, 0.15) is 17.2 Å². The number of hydrogen-bond donors (Lipinski definition) is 0. The summed E-state index contributed by atoms with van der Waals surface area (Å²) < 4.78 is 16.4. The standard InChI is InChI=1S/C23H15ClO5/c1-27-19-5-3-2-4-15(19)12-21-22(25)18-11-10-17(13-20(18)29-21)28-23(26)14-6-8-16(24)9-7-14/h2-13H,1H3/b21-12+. The van der Waals surface area contributed by atoms with E-state index in [4.69, 9.17) is 25.8 Å². The van der Waals surface area contributed by atoms with Crippen LogP contribution in [0, 0.1) is 0 Å². The van der Waals surface area contributed by atoms with E-state index >= 15 is 0 Å². The molecule has 3 aromatic carbocycles. The molecule has 0 aliphatic carbocycles. The first-order chi connectivity index (χ1) is 14.0. The minimum absolute atomic E-state index is 0.172. The smallest absolute Gasteiger partial charge is 0.343 e. The Morgan fingerprint density at radius 3 is 2.55 bits per heavy atom. The summed E-state index contributed by atoms with van der Waals surface area (Å²) in [5.74, 6) is 0.625. The number of esters is 1. The maximum atomic E-state index is 12.6. The Labute approximate surface area is 172 Å². The Kier molecular flexibility index (Phi) is 5.06. The number of ether oxygens (including phenoxy) is 3. The summed E-state index contributed by atoms with van der Waals surface area (Å²) in [6.45, 7) is 0. The van der Waals surface area contributed by atoms with Crippen molar-refractivity contribution in [2.75, 3.05) is 7.11 Å². The fourth-order valence-corrected chi connectivity index (χ4v) is 3.04. The van der Waals surface area contributed by atoms with Gasteiger partial charge in [-0.15, -0.1) is 0 Å². The molecule has 0 saturated carbocycles. The summed E-state index contributed by atoms with van der Waals surface area (Å²) in [4.78, 5) is 24.9. The van der Waals surface area contributed by atoms with E-state index in [9.17, 15) is 9.59 Å². The summed E-state index contributed by atoms with van der Waals surface area (Å²) in [6.07, 6.45) is 1.63. The van der Waals surface area contributed by atoms with Crippen LogP contribution in [0.4, 0.5) is 0 Å². The van der Waals surface area contributed by atoms with Crippen molar-refractivity contribution in [2.45, 2.75) is 0 Å². The number of ketones is 1. The molecule has 3 aromatic rings. The van der Waals surface area contributed by atoms with Gasteiger partial charge >= 0.3 is 5.97 Å². The number of halogens is 1. The first-order valence-corrected chi connectivity index (χ1v) is 9.12. The summed E-state index contributed by atoms with van der Waals surface area (Å²) >= 11 is 5.83. The Morgan fingerprint density at radius 1 is 1.03 bits per heavy atom. The second-order valence-corrected chi connectivity index (χ2v) is 6.67. The third kappa shape index (κ3) is 3.86. The minimum Gasteiger partial charge on any atom is -0.496 e. The van der Waals surface area contributed by atoms with Gasteiger partial charge in [-0.25, -0.2) is 4.79 Å². The number of para-hydroxylation sites is 1. The van der Waals surface area contributed by atoms with Crippen molar-refractivity contribution in [2.24, 2.45) is 0 Å². The highest BCUT2D eigenvalue weighted by Crippen LogP contribution is 2.36. The van der Waals surface area contributed by atoms with Crippen molar-refractivity contribution < 1.29 is 23.8 Å². The van der Waals surface area contributed by atoms with Gasteiger partial charge in [0.05, 0.1) is 18.2 Å². The normalized spacial score (nSPS) is 13.7.